The van der Waals surface area contributed by atoms with Crippen LogP contribution >= 0.6 is 0 Å². The highest BCUT2D eigenvalue weighted by molar-refractivity contribution is 5.79. The lowest BCUT2D eigenvalue weighted by molar-refractivity contribution is -0.128. The van der Waals surface area contributed by atoms with Gasteiger partial charge in [-0.2, -0.15) is 0 Å². The molecule has 2 aromatic heterocycles. The van der Waals surface area contributed by atoms with E-state index in [-0.39, 0.29) is 11.9 Å². The Bertz CT molecular complexity index is 768. The topological polar surface area (TPSA) is 62.1 Å². The molecule has 2 fully saturated rings. The molecule has 4 rings (SSSR count). The van der Waals surface area contributed by atoms with Gasteiger partial charge in [0.15, 0.2) is 0 Å². The molecule has 1 atom stereocenters. The molecule has 1 N–H and O–H groups in total. The van der Waals surface area contributed by atoms with E-state index >= 15 is 0 Å². The number of pyridine rings is 1. The number of nitrogens with zero attached hydrogens (tertiary/aromatic N) is 4. The van der Waals surface area contributed by atoms with Gasteiger partial charge in [-0.05, 0) is 18.6 Å². The van der Waals surface area contributed by atoms with E-state index in [9.17, 15) is 4.79 Å². The molecule has 0 aromatic carbocycles. The molecule has 1 unspecified atom stereocenters. The standard InChI is InChI=1S/C19H27N5O2/c1-15-3-2-4-24-17(13-21-19(15)24)12-20-16-11-18(25)23(14-16)6-5-22-7-9-26-10-8-22/h2-4,13,16,20H,5-12,14H2,1H3. The predicted molar refractivity (Wildman–Crippen MR) is 99.0 cm³/mol. The average Bonchev–Trinajstić information content (AvgIpc) is 3.23. The van der Waals surface area contributed by atoms with E-state index in [0.717, 1.165) is 63.8 Å². The summed E-state index contributed by atoms with van der Waals surface area (Å²) < 4.78 is 7.50. The summed E-state index contributed by atoms with van der Waals surface area (Å²) >= 11 is 0. The first-order valence-electron chi connectivity index (χ1n) is 9.43. The number of rotatable bonds is 6. The number of ether oxygens (including phenoxy) is 1. The summed E-state index contributed by atoms with van der Waals surface area (Å²) in [4.78, 5) is 21.2. The van der Waals surface area contributed by atoms with E-state index in [1.54, 1.807) is 0 Å². The summed E-state index contributed by atoms with van der Waals surface area (Å²) in [5.41, 5.74) is 3.30. The van der Waals surface area contributed by atoms with Crippen molar-refractivity contribution in [1.82, 2.24) is 24.5 Å². The fourth-order valence-electron chi connectivity index (χ4n) is 3.79. The predicted octanol–water partition coefficient (Wildman–Crippen LogP) is 0.665. The van der Waals surface area contributed by atoms with Crippen LogP contribution in [0.3, 0.4) is 0 Å². The maximum atomic E-state index is 12.3. The molecule has 2 aromatic rings. The SMILES string of the molecule is Cc1cccn2c(CNC3CC(=O)N(CCN4CCOCC4)C3)cnc12. The molecule has 4 heterocycles. The maximum Gasteiger partial charge on any atom is 0.224 e. The van der Waals surface area contributed by atoms with Gasteiger partial charge >= 0.3 is 0 Å². The van der Waals surface area contributed by atoms with E-state index in [0.29, 0.717) is 6.42 Å². The third-order valence-corrected chi connectivity index (χ3v) is 5.38. The third kappa shape index (κ3) is 3.75. The Hall–Kier alpha value is -1.96. The number of fused-ring (bicyclic) bond motifs is 1. The first-order chi connectivity index (χ1) is 12.7. The number of aromatic nitrogens is 2. The molecule has 0 aliphatic carbocycles. The van der Waals surface area contributed by atoms with Gasteiger partial charge in [-0.3, -0.25) is 9.69 Å². The number of likely N-dealkylation sites (tertiary alicyclic amines) is 1. The highest BCUT2D eigenvalue weighted by atomic mass is 16.5. The zero-order chi connectivity index (χ0) is 17.9. The number of hydrogen-bond acceptors (Lipinski definition) is 5. The number of carbonyl (C=O) groups excluding carboxylic acids is 1. The summed E-state index contributed by atoms with van der Waals surface area (Å²) in [6.45, 7) is 8.88. The van der Waals surface area contributed by atoms with Crippen molar-refractivity contribution in [3.8, 4) is 0 Å². The van der Waals surface area contributed by atoms with Crippen molar-refractivity contribution in [2.75, 3.05) is 45.9 Å². The van der Waals surface area contributed by atoms with E-state index in [2.05, 4.69) is 32.6 Å². The lowest BCUT2D eigenvalue weighted by Crippen LogP contribution is -2.42. The molecule has 7 heteroatoms. The number of imidazole rings is 1. The average molecular weight is 357 g/mol. The van der Waals surface area contributed by atoms with Crippen molar-refractivity contribution < 1.29 is 9.53 Å². The highest BCUT2D eigenvalue weighted by Crippen LogP contribution is 2.14. The summed E-state index contributed by atoms with van der Waals surface area (Å²) in [6, 6.07) is 4.32. The quantitative estimate of drug-likeness (QED) is 0.823. The van der Waals surface area contributed by atoms with E-state index in [1.807, 2.05) is 23.4 Å². The Balaban J connectivity index is 1.29. The molecule has 140 valence electrons. The van der Waals surface area contributed by atoms with Crippen LogP contribution < -0.4 is 5.32 Å². The van der Waals surface area contributed by atoms with Crippen LogP contribution in [0.2, 0.25) is 0 Å². The number of hydrogen-bond donors (Lipinski definition) is 1. The summed E-state index contributed by atoms with van der Waals surface area (Å²) in [6.07, 6.45) is 4.54. The summed E-state index contributed by atoms with van der Waals surface area (Å²) in [7, 11) is 0. The number of nitrogens with one attached hydrogen (secondary N) is 1. The molecule has 0 spiro atoms. The lowest BCUT2D eigenvalue weighted by Gasteiger charge is -2.28. The number of carbonyl (C=O) groups is 1. The summed E-state index contributed by atoms with van der Waals surface area (Å²) in [5, 5.41) is 3.54. The van der Waals surface area contributed by atoms with Gasteiger partial charge in [0.25, 0.3) is 0 Å². The third-order valence-electron chi connectivity index (χ3n) is 5.38. The van der Waals surface area contributed by atoms with Gasteiger partial charge < -0.3 is 19.4 Å². The first kappa shape index (κ1) is 17.5. The van der Waals surface area contributed by atoms with Gasteiger partial charge in [-0.25, -0.2) is 4.98 Å². The van der Waals surface area contributed by atoms with Gasteiger partial charge in [0.2, 0.25) is 5.91 Å². The van der Waals surface area contributed by atoms with E-state index < -0.39 is 0 Å². The number of morpholine rings is 1. The molecule has 7 nitrogen and oxygen atoms in total. The number of aryl methyl sites for hydroxylation is 1. The van der Waals surface area contributed by atoms with Crippen LogP contribution in [0.5, 0.6) is 0 Å². The first-order valence-corrected chi connectivity index (χ1v) is 9.43. The van der Waals surface area contributed by atoms with Crippen molar-refractivity contribution in [1.29, 1.82) is 0 Å². The minimum atomic E-state index is 0.211. The fourth-order valence-corrected chi connectivity index (χ4v) is 3.79. The monoisotopic (exact) mass is 357 g/mol. The van der Waals surface area contributed by atoms with Gasteiger partial charge in [0.1, 0.15) is 5.65 Å². The molecule has 2 saturated heterocycles. The van der Waals surface area contributed by atoms with Crippen LogP contribution in [0.15, 0.2) is 24.5 Å². The van der Waals surface area contributed by atoms with Crippen LogP contribution in [-0.2, 0) is 16.1 Å². The fraction of sp³-hybridized carbons (Fsp3) is 0.579. The zero-order valence-corrected chi connectivity index (χ0v) is 15.4. The van der Waals surface area contributed by atoms with Gasteiger partial charge in [0.05, 0.1) is 25.1 Å². The Kier molecular flexibility index (Phi) is 5.19. The van der Waals surface area contributed by atoms with Crippen LogP contribution in [0, 0.1) is 6.92 Å². The van der Waals surface area contributed by atoms with E-state index in [1.165, 1.54) is 5.56 Å². The molecular weight excluding hydrogens is 330 g/mol. The minimum Gasteiger partial charge on any atom is -0.379 e. The van der Waals surface area contributed by atoms with Gasteiger partial charge in [-0.1, -0.05) is 6.07 Å². The van der Waals surface area contributed by atoms with Crippen molar-refractivity contribution in [2.45, 2.75) is 25.9 Å². The molecule has 2 aliphatic heterocycles. The highest BCUT2D eigenvalue weighted by Gasteiger charge is 2.29. The lowest BCUT2D eigenvalue weighted by atomic mass is 10.2. The van der Waals surface area contributed by atoms with Crippen molar-refractivity contribution in [3.05, 3.63) is 35.8 Å². The largest absolute Gasteiger partial charge is 0.379 e. The second-order valence-corrected chi connectivity index (χ2v) is 7.21. The molecule has 0 saturated carbocycles. The Morgan fingerprint density at radius 2 is 2.15 bits per heavy atom. The second kappa shape index (κ2) is 7.73. The van der Waals surface area contributed by atoms with Gasteiger partial charge in [-0.15, -0.1) is 0 Å². The molecular formula is C19H27N5O2. The molecule has 0 radical (unpaired) electrons. The minimum absolute atomic E-state index is 0.211. The Labute approximate surface area is 153 Å². The van der Waals surface area contributed by atoms with Crippen LogP contribution in [0.1, 0.15) is 17.7 Å². The smallest absolute Gasteiger partial charge is 0.224 e. The molecule has 2 aliphatic rings. The molecule has 1 amide bonds. The second-order valence-electron chi connectivity index (χ2n) is 7.21. The van der Waals surface area contributed by atoms with E-state index in [4.69, 9.17) is 4.74 Å². The van der Waals surface area contributed by atoms with Crippen molar-refractivity contribution >= 4 is 11.6 Å². The van der Waals surface area contributed by atoms with Crippen molar-refractivity contribution in [3.63, 3.8) is 0 Å². The maximum absolute atomic E-state index is 12.3. The Morgan fingerprint density at radius 3 is 3.00 bits per heavy atom. The Morgan fingerprint density at radius 1 is 1.31 bits per heavy atom. The molecule has 26 heavy (non-hydrogen) atoms. The van der Waals surface area contributed by atoms with Crippen LogP contribution in [-0.4, -0.2) is 77.1 Å². The number of amides is 1. The van der Waals surface area contributed by atoms with Crippen LogP contribution in [0.25, 0.3) is 5.65 Å². The summed E-state index contributed by atoms with van der Waals surface area (Å²) in [5.74, 6) is 0.254. The van der Waals surface area contributed by atoms with Crippen molar-refractivity contribution in [2.24, 2.45) is 0 Å². The molecule has 0 bridgehead atoms. The zero-order valence-electron chi connectivity index (χ0n) is 15.4. The normalized spacial score (nSPS) is 21.8. The van der Waals surface area contributed by atoms with Gasteiger partial charge in [0, 0.05) is 57.9 Å². The van der Waals surface area contributed by atoms with Crippen LogP contribution in [0.4, 0.5) is 0 Å².